The predicted octanol–water partition coefficient (Wildman–Crippen LogP) is 6.09. The zero-order chi connectivity index (χ0) is 18.3. The number of rotatable bonds is 6. The number of benzene rings is 3. The molecule has 0 radical (unpaired) electrons. The minimum atomic E-state index is 0. The molecule has 1 saturated heterocycles. The molecule has 3 aromatic carbocycles. The van der Waals surface area contributed by atoms with Gasteiger partial charge >= 0.3 is 0 Å². The molecule has 1 fully saturated rings. The Balaban J connectivity index is 0.00000225. The van der Waals surface area contributed by atoms with E-state index in [0.717, 1.165) is 30.4 Å². The van der Waals surface area contributed by atoms with Crippen LogP contribution in [0, 0.1) is 0 Å². The molecule has 1 heterocycles. The normalized spacial score (nSPS) is 16.1. The molecule has 0 amide bonds. The highest BCUT2D eigenvalue weighted by molar-refractivity contribution is 5.85. The van der Waals surface area contributed by atoms with E-state index in [2.05, 4.69) is 29.6 Å². The first-order chi connectivity index (χ1) is 13.4. The summed E-state index contributed by atoms with van der Waals surface area (Å²) >= 11 is 0. The van der Waals surface area contributed by atoms with Crippen molar-refractivity contribution >= 4 is 12.4 Å². The first-order valence-corrected chi connectivity index (χ1v) is 9.66. The van der Waals surface area contributed by atoms with Crippen molar-refractivity contribution in [2.45, 2.75) is 25.3 Å². The molecule has 0 aromatic heterocycles. The molecule has 1 N–H and O–H groups in total. The molecule has 1 atom stereocenters. The Kier molecular flexibility index (Phi) is 7.35. The lowest BCUT2D eigenvalue weighted by molar-refractivity contribution is 0.239. The Morgan fingerprint density at radius 1 is 0.714 bits per heavy atom. The second-order valence-electron chi connectivity index (χ2n) is 6.92. The van der Waals surface area contributed by atoms with E-state index in [9.17, 15) is 0 Å². The van der Waals surface area contributed by atoms with E-state index in [1.807, 2.05) is 54.6 Å². The number of hydrogen-bond acceptors (Lipinski definition) is 3. The molecule has 146 valence electrons. The smallest absolute Gasteiger partial charge is 0.127 e. The van der Waals surface area contributed by atoms with E-state index in [0.29, 0.717) is 6.04 Å². The van der Waals surface area contributed by atoms with E-state index < -0.39 is 0 Å². The lowest BCUT2D eigenvalue weighted by atomic mass is 10.1. The van der Waals surface area contributed by atoms with Crippen molar-refractivity contribution in [3.05, 3.63) is 78.9 Å². The van der Waals surface area contributed by atoms with Crippen molar-refractivity contribution < 1.29 is 9.47 Å². The fraction of sp³-hybridized carbons (Fsp3) is 0.250. The summed E-state index contributed by atoms with van der Waals surface area (Å²) in [5.74, 6) is 2.52. The fourth-order valence-electron chi connectivity index (χ4n) is 3.35. The van der Waals surface area contributed by atoms with Crippen LogP contribution in [0.15, 0.2) is 78.9 Å². The van der Waals surface area contributed by atoms with Crippen molar-refractivity contribution in [3.63, 3.8) is 0 Å². The van der Waals surface area contributed by atoms with Gasteiger partial charge in [-0.25, -0.2) is 0 Å². The minimum absolute atomic E-state index is 0. The molecule has 0 spiro atoms. The average Bonchev–Trinajstić information content (AvgIpc) is 2.75. The average molecular weight is 396 g/mol. The van der Waals surface area contributed by atoms with Crippen molar-refractivity contribution in [1.82, 2.24) is 5.32 Å². The third-order valence-corrected chi connectivity index (χ3v) is 4.88. The number of hydrogen-bond donors (Lipinski definition) is 1. The van der Waals surface area contributed by atoms with Gasteiger partial charge in [0.2, 0.25) is 0 Å². The van der Waals surface area contributed by atoms with Gasteiger partial charge in [0.05, 0.1) is 0 Å². The molecular weight excluding hydrogens is 370 g/mol. The summed E-state index contributed by atoms with van der Waals surface area (Å²) in [5, 5.41) is 3.50. The largest absolute Gasteiger partial charge is 0.492 e. The first-order valence-electron chi connectivity index (χ1n) is 9.66. The van der Waals surface area contributed by atoms with Crippen LogP contribution in [0.4, 0.5) is 0 Å². The predicted molar refractivity (Wildman–Crippen MR) is 117 cm³/mol. The molecule has 4 heteroatoms. The summed E-state index contributed by atoms with van der Waals surface area (Å²) in [4.78, 5) is 0. The molecule has 0 bridgehead atoms. The summed E-state index contributed by atoms with van der Waals surface area (Å²) in [6.07, 6.45) is 3.76. The molecule has 4 rings (SSSR count). The first kappa shape index (κ1) is 20.2. The Labute approximate surface area is 173 Å². The topological polar surface area (TPSA) is 30.5 Å². The van der Waals surface area contributed by atoms with Crippen LogP contribution in [0.25, 0.3) is 11.1 Å². The molecular formula is C24H26ClNO2. The van der Waals surface area contributed by atoms with Gasteiger partial charge in [-0.1, -0.05) is 48.9 Å². The van der Waals surface area contributed by atoms with Crippen LogP contribution in [-0.4, -0.2) is 19.2 Å². The highest BCUT2D eigenvalue weighted by Crippen LogP contribution is 2.27. The van der Waals surface area contributed by atoms with Crippen LogP contribution in [0.3, 0.4) is 0 Å². The van der Waals surface area contributed by atoms with Crippen LogP contribution in [0.1, 0.15) is 19.3 Å². The lowest BCUT2D eigenvalue weighted by Gasteiger charge is -2.23. The number of piperidine rings is 1. The van der Waals surface area contributed by atoms with Gasteiger partial charge in [0.1, 0.15) is 23.9 Å². The van der Waals surface area contributed by atoms with E-state index >= 15 is 0 Å². The van der Waals surface area contributed by atoms with Gasteiger partial charge in [-0.3, -0.25) is 0 Å². The third-order valence-electron chi connectivity index (χ3n) is 4.88. The second-order valence-corrected chi connectivity index (χ2v) is 6.92. The Morgan fingerprint density at radius 2 is 1.32 bits per heavy atom. The zero-order valence-corrected chi connectivity index (χ0v) is 16.7. The maximum atomic E-state index is 5.95. The van der Waals surface area contributed by atoms with Gasteiger partial charge in [0.15, 0.2) is 0 Å². The van der Waals surface area contributed by atoms with Crippen molar-refractivity contribution in [2.75, 3.05) is 13.2 Å². The van der Waals surface area contributed by atoms with Crippen LogP contribution in [0.5, 0.6) is 17.2 Å². The lowest BCUT2D eigenvalue weighted by Crippen LogP contribution is -2.38. The minimum Gasteiger partial charge on any atom is -0.492 e. The zero-order valence-electron chi connectivity index (χ0n) is 15.8. The molecule has 3 nitrogen and oxygen atoms in total. The van der Waals surface area contributed by atoms with Crippen LogP contribution < -0.4 is 14.8 Å². The van der Waals surface area contributed by atoms with Crippen molar-refractivity contribution in [3.8, 4) is 28.4 Å². The second kappa shape index (κ2) is 10.2. The molecule has 1 aliphatic heterocycles. The Bertz CT molecular complexity index is 829. The summed E-state index contributed by atoms with van der Waals surface area (Å²) in [7, 11) is 0. The summed E-state index contributed by atoms with van der Waals surface area (Å²) in [6, 6.07) is 26.8. The highest BCUT2D eigenvalue weighted by Gasteiger charge is 2.12. The number of halogens is 1. The maximum absolute atomic E-state index is 5.95. The van der Waals surface area contributed by atoms with Gasteiger partial charge in [-0.05, 0) is 66.9 Å². The number of ether oxygens (including phenoxy) is 2. The van der Waals surface area contributed by atoms with Gasteiger partial charge in [0, 0.05) is 6.04 Å². The fourth-order valence-corrected chi connectivity index (χ4v) is 3.35. The quantitative estimate of drug-likeness (QED) is 0.547. The van der Waals surface area contributed by atoms with Crippen LogP contribution in [-0.2, 0) is 0 Å². The molecule has 0 aliphatic carbocycles. The van der Waals surface area contributed by atoms with Crippen molar-refractivity contribution in [2.24, 2.45) is 0 Å². The van der Waals surface area contributed by atoms with Crippen molar-refractivity contribution in [1.29, 1.82) is 0 Å². The summed E-state index contributed by atoms with van der Waals surface area (Å²) in [6.45, 7) is 1.82. The molecule has 3 aromatic rings. The van der Waals surface area contributed by atoms with Gasteiger partial charge in [0.25, 0.3) is 0 Å². The van der Waals surface area contributed by atoms with Crippen LogP contribution >= 0.6 is 12.4 Å². The monoisotopic (exact) mass is 395 g/mol. The van der Waals surface area contributed by atoms with E-state index in [1.165, 1.54) is 30.4 Å². The SMILES string of the molecule is Cl.c1ccc(-c2ccc(Oc3ccc(OC[C@H]4CCCCN4)cc3)cc2)cc1. The van der Waals surface area contributed by atoms with Crippen LogP contribution in [0.2, 0.25) is 0 Å². The highest BCUT2D eigenvalue weighted by atomic mass is 35.5. The van der Waals surface area contributed by atoms with Gasteiger partial charge in [-0.2, -0.15) is 0 Å². The number of nitrogens with one attached hydrogen (secondary N) is 1. The van der Waals surface area contributed by atoms with E-state index in [1.54, 1.807) is 0 Å². The summed E-state index contributed by atoms with van der Waals surface area (Å²) < 4.78 is 11.8. The molecule has 0 saturated carbocycles. The van der Waals surface area contributed by atoms with E-state index in [4.69, 9.17) is 9.47 Å². The summed E-state index contributed by atoms with van der Waals surface area (Å²) in [5.41, 5.74) is 2.39. The van der Waals surface area contributed by atoms with E-state index in [-0.39, 0.29) is 12.4 Å². The standard InChI is InChI=1S/C24H25NO2.ClH/c1-2-6-19(7-3-1)20-9-11-23(12-10-20)27-24-15-13-22(14-16-24)26-18-21-8-4-5-17-25-21;/h1-3,6-7,9-16,21,25H,4-5,8,17-18H2;1H/t21-;/m1./s1. The Hall–Kier alpha value is -2.49. The van der Waals surface area contributed by atoms with Gasteiger partial charge < -0.3 is 14.8 Å². The molecule has 0 unspecified atom stereocenters. The maximum Gasteiger partial charge on any atom is 0.127 e. The Morgan fingerprint density at radius 3 is 1.96 bits per heavy atom. The molecule has 28 heavy (non-hydrogen) atoms. The third kappa shape index (κ3) is 5.51. The van der Waals surface area contributed by atoms with Gasteiger partial charge in [-0.15, -0.1) is 12.4 Å². The molecule has 1 aliphatic rings.